The zero-order chi connectivity index (χ0) is 13.7. The van der Waals surface area contributed by atoms with Crippen molar-refractivity contribution in [2.75, 3.05) is 24.2 Å². The number of amides is 1. The number of aromatic nitrogens is 2. The summed E-state index contributed by atoms with van der Waals surface area (Å²) in [7, 11) is 0. The molecular weight excluding hydrogens is 396 g/mol. The maximum absolute atomic E-state index is 11.8. The average Bonchev–Trinajstić information content (AvgIpc) is 2.41. The van der Waals surface area contributed by atoms with E-state index in [2.05, 4.69) is 52.5 Å². The highest BCUT2D eigenvalue weighted by molar-refractivity contribution is 9.11. The molecule has 19 heavy (non-hydrogen) atoms. The Labute approximate surface area is 133 Å². The van der Waals surface area contributed by atoms with E-state index in [1.807, 2.05) is 0 Å². The Balaban J connectivity index is 1.80. The maximum atomic E-state index is 11.8. The van der Waals surface area contributed by atoms with Gasteiger partial charge in [0.1, 0.15) is 9.21 Å². The topological polar surface area (TPSA) is 66.9 Å². The Kier molecular flexibility index (Phi) is 6.06. The molecule has 0 atom stereocenters. The number of nitrogens with zero attached hydrogens (tertiary/aromatic N) is 2. The zero-order valence-electron chi connectivity index (χ0n) is 10.2. The standard InChI is InChI=1S/C11H14Br2N4OS/c12-8-5-15-11(10(13)16-8)17-9(18)6-19-7-1-3-14-4-2-7/h5,7,14H,1-4,6H2,(H,15,17,18). The zero-order valence-corrected chi connectivity index (χ0v) is 14.1. The van der Waals surface area contributed by atoms with Crippen LogP contribution in [0.4, 0.5) is 5.82 Å². The van der Waals surface area contributed by atoms with Gasteiger partial charge in [-0.1, -0.05) is 0 Å². The number of hydrogen-bond donors (Lipinski definition) is 2. The molecule has 0 aromatic carbocycles. The number of halogens is 2. The van der Waals surface area contributed by atoms with Crippen LogP contribution in [0.1, 0.15) is 12.8 Å². The number of rotatable bonds is 4. The van der Waals surface area contributed by atoms with Gasteiger partial charge in [-0.05, 0) is 57.8 Å². The fourth-order valence-electron chi connectivity index (χ4n) is 1.75. The average molecular weight is 410 g/mol. The summed E-state index contributed by atoms with van der Waals surface area (Å²) in [6, 6.07) is 0. The van der Waals surface area contributed by atoms with Gasteiger partial charge in [0.05, 0.1) is 11.9 Å². The number of hydrogen-bond acceptors (Lipinski definition) is 5. The molecule has 2 rings (SSSR count). The van der Waals surface area contributed by atoms with Crippen LogP contribution in [0.15, 0.2) is 15.4 Å². The molecule has 5 nitrogen and oxygen atoms in total. The summed E-state index contributed by atoms with van der Waals surface area (Å²) >= 11 is 8.20. The molecule has 1 amide bonds. The highest BCUT2D eigenvalue weighted by atomic mass is 79.9. The molecule has 0 radical (unpaired) electrons. The molecule has 0 unspecified atom stereocenters. The van der Waals surface area contributed by atoms with Gasteiger partial charge < -0.3 is 10.6 Å². The van der Waals surface area contributed by atoms with Gasteiger partial charge in [0, 0.05) is 5.25 Å². The van der Waals surface area contributed by atoms with Crippen LogP contribution < -0.4 is 10.6 Å². The third-order valence-electron chi connectivity index (χ3n) is 2.69. The predicted molar refractivity (Wildman–Crippen MR) is 84.4 cm³/mol. The number of nitrogens with one attached hydrogen (secondary N) is 2. The largest absolute Gasteiger partial charge is 0.317 e. The van der Waals surface area contributed by atoms with Crippen LogP contribution in [-0.4, -0.2) is 40.0 Å². The van der Waals surface area contributed by atoms with E-state index in [1.54, 1.807) is 18.0 Å². The normalized spacial score (nSPS) is 16.3. The molecule has 0 spiro atoms. The first kappa shape index (κ1) is 15.2. The van der Waals surface area contributed by atoms with Crippen molar-refractivity contribution in [3.05, 3.63) is 15.4 Å². The second-order valence-corrected chi connectivity index (χ2v) is 6.99. The van der Waals surface area contributed by atoms with Crippen LogP contribution in [0, 0.1) is 0 Å². The first-order valence-corrected chi connectivity index (χ1v) is 8.59. The molecule has 0 bridgehead atoms. The van der Waals surface area contributed by atoms with Crippen LogP contribution in [0.3, 0.4) is 0 Å². The molecule has 8 heteroatoms. The summed E-state index contributed by atoms with van der Waals surface area (Å²) in [6.45, 7) is 2.09. The van der Waals surface area contributed by atoms with Gasteiger partial charge in [-0.3, -0.25) is 4.79 Å². The number of thioether (sulfide) groups is 1. The molecule has 104 valence electrons. The molecule has 0 saturated carbocycles. The lowest BCUT2D eigenvalue weighted by atomic mass is 10.2. The van der Waals surface area contributed by atoms with Gasteiger partial charge >= 0.3 is 0 Å². The van der Waals surface area contributed by atoms with Crippen LogP contribution >= 0.6 is 43.6 Å². The van der Waals surface area contributed by atoms with E-state index in [4.69, 9.17) is 0 Å². The number of anilines is 1. The fraction of sp³-hybridized carbons (Fsp3) is 0.545. The van der Waals surface area contributed by atoms with Gasteiger partial charge in [0.25, 0.3) is 0 Å². The Morgan fingerprint density at radius 3 is 2.89 bits per heavy atom. The van der Waals surface area contributed by atoms with Crippen molar-refractivity contribution in [3.63, 3.8) is 0 Å². The minimum atomic E-state index is -0.0409. The monoisotopic (exact) mass is 408 g/mol. The minimum absolute atomic E-state index is 0.0409. The quantitative estimate of drug-likeness (QED) is 0.799. The van der Waals surface area contributed by atoms with E-state index in [1.165, 1.54) is 0 Å². The van der Waals surface area contributed by atoms with Gasteiger partial charge in [-0.15, -0.1) is 11.8 Å². The summed E-state index contributed by atoms with van der Waals surface area (Å²) in [5, 5.41) is 6.65. The van der Waals surface area contributed by atoms with E-state index < -0.39 is 0 Å². The molecule has 1 aliphatic rings. The van der Waals surface area contributed by atoms with E-state index in [9.17, 15) is 4.79 Å². The SMILES string of the molecule is O=C(CSC1CCNCC1)Nc1ncc(Br)nc1Br. The molecular formula is C11H14Br2N4OS. The molecule has 1 aliphatic heterocycles. The summed E-state index contributed by atoms with van der Waals surface area (Å²) in [5.74, 6) is 0.870. The second kappa shape index (κ2) is 7.56. The highest BCUT2D eigenvalue weighted by Gasteiger charge is 2.15. The van der Waals surface area contributed by atoms with Crippen LogP contribution in [0.5, 0.6) is 0 Å². The molecule has 1 aromatic heterocycles. The summed E-state index contributed by atoms with van der Waals surface area (Å²) in [6.07, 6.45) is 3.81. The van der Waals surface area contributed by atoms with Crippen molar-refractivity contribution in [1.82, 2.24) is 15.3 Å². The van der Waals surface area contributed by atoms with Gasteiger partial charge in [-0.25, -0.2) is 9.97 Å². The smallest absolute Gasteiger partial charge is 0.235 e. The van der Waals surface area contributed by atoms with Crippen molar-refractivity contribution < 1.29 is 4.79 Å². The molecule has 2 N–H and O–H groups in total. The Hall–Kier alpha value is -0.180. The molecule has 0 aliphatic carbocycles. The second-order valence-electron chi connectivity index (χ2n) is 4.14. The first-order valence-electron chi connectivity index (χ1n) is 5.95. The number of carbonyl (C=O) groups is 1. The Morgan fingerprint density at radius 1 is 1.47 bits per heavy atom. The van der Waals surface area contributed by atoms with Gasteiger partial charge in [0.15, 0.2) is 5.82 Å². The Morgan fingerprint density at radius 2 is 2.21 bits per heavy atom. The van der Waals surface area contributed by atoms with Gasteiger partial charge in [-0.2, -0.15) is 0 Å². The lowest BCUT2D eigenvalue weighted by Crippen LogP contribution is -2.30. The minimum Gasteiger partial charge on any atom is -0.317 e. The van der Waals surface area contributed by atoms with Crippen molar-refractivity contribution in [3.8, 4) is 0 Å². The maximum Gasteiger partial charge on any atom is 0.235 e. The van der Waals surface area contributed by atoms with Crippen molar-refractivity contribution >= 4 is 55.3 Å². The number of piperidine rings is 1. The molecule has 2 heterocycles. The van der Waals surface area contributed by atoms with E-state index in [0.29, 0.717) is 26.0 Å². The van der Waals surface area contributed by atoms with Crippen LogP contribution in [0.2, 0.25) is 0 Å². The molecule has 1 saturated heterocycles. The van der Waals surface area contributed by atoms with Crippen molar-refractivity contribution in [1.29, 1.82) is 0 Å². The summed E-state index contributed by atoms with van der Waals surface area (Å²) < 4.78 is 1.16. The summed E-state index contributed by atoms with van der Waals surface area (Å²) in [5.41, 5.74) is 0. The van der Waals surface area contributed by atoms with Crippen molar-refractivity contribution in [2.24, 2.45) is 0 Å². The van der Waals surface area contributed by atoms with Crippen LogP contribution in [0.25, 0.3) is 0 Å². The number of carbonyl (C=O) groups excluding carboxylic acids is 1. The lowest BCUT2D eigenvalue weighted by molar-refractivity contribution is -0.113. The third-order valence-corrected chi connectivity index (χ3v) is 5.00. The first-order chi connectivity index (χ1) is 9.15. The molecule has 1 fully saturated rings. The predicted octanol–water partition coefficient (Wildman–Crippen LogP) is 2.43. The van der Waals surface area contributed by atoms with E-state index >= 15 is 0 Å². The van der Waals surface area contributed by atoms with Gasteiger partial charge in [0.2, 0.25) is 5.91 Å². The van der Waals surface area contributed by atoms with Crippen molar-refractivity contribution in [2.45, 2.75) is 18.1 Å². The van der Waals surface area contributed by atoms with Crippen LogP contribution in [-0.2, 0) is 4.79 Å². The van der Waals surface area contributed by atoms with E-state index in [-0.39, 0.29) is 5.91 Å². The fourth-order valence-corrected chi connectivity index (χ4v) is 3.69. The summed E-state index contributed by atoms with van der Waals surface area (Å²) in [4.78, 5) is 20.1. The Bertz CT molecular complexity index is 454. The highest BCUT2D eigenvalue weighted by Crippen LogP contribution is 2.22. The van der Waals surface area contributed by atoms with E-state index in [0.717, 1.165) is 25.9 Å². The third kappa shape index (κ3) is 5.02. The molecule has 1 aromatic rings. The lowest BCUT2D eigenvalue weighted by Gasteiger charge is -2.21.